The summed E-state index contributed by atoms with van der Waals surface area (Å²) in [6.45, 7) is 5.52. The summed E-state index contributed by atoms with van der Waals surface area (Å²) in [5.41, 5.74) is 2.37. The highest BCUT2D eigenvalue weighted by molar-refractivity contribution is 7.15. The number of fused-ring (bicyclic) bond motifs is 2. The van der Waals surface area contributed by atoms with Crippen LogP contribution in [0.3, 0.4) is 0 Å². The number of nitrogens with one attached hydrogen (secondary N) is 1. The van der Waals surface area contributed by atoms with Gasteiger partial charge in [0.05, 0.1) is 11.4 Å². The molecule has 0 saturated carbocycles. The number of halogens is 1. The fourth-order valence-corrected chi connectivity index (χ4v) is 5.72. The number of rotatable bonds is 1. The number of nitrogens with zero attached hydrogens (tertiary/aromatic N) is 3. The number of hydrogen-bond donors (Lipinski definition) is 2. The van der Waals surface area contributed by atoms with Crippen LogP contribution in [0.1, 0.15) is 45.3 Å². The van der Waals surface area contributed by atoms with Gasteiger partial charge in [-0.2, -0.15) is 0 Å². The number of phenols is 1. The minimum atomic E-state index is -0.774. The first kappa shape index (κ1) is 20.1. The van der Waals surface area contributed by atoms with Crippen LogP contribution >= 0.6 is 22.9 Å². The van der Waals surface area contributed by atoms with Crippen LogP contribution in [0.5, 0.6) is 5.75 Å². The molecule has 1 amide bonds. The summed E-state index contributed by atoms with van der Waals surface area (Å²) in [5.74, 6) is -0.318. The molecule has 1 atom stereocenters. The average molecular weight is 457 g/mol. The van der Waals surface area contributed by atoms with Gasteiger partial charge in [0.15, 0.2) is 15.9 Å². The molecule has 1 aromatic carbocycles. The maximum absolute atomic E-state index is 13.5. The molecule has 1 aliphatic carbocycles. The first-order valence-electron chi connectivity index (χ1n) is 9.94. The summed E-state index contributed by atoms with van der Waals surface area (Å²) in [6.07, 6.45) is 2.78. The standard InChI is InChI=1S/C22H21ClN4O3S/c1-11(28)27-13-5-4-6-14(29)17(13)24-12-9-22(2,3)10-15(30)16(12)18(27)19-20(23)25-21-26(19)7-8-31-21/h4-8,18,24,29H,9-10H2,1-3H3. The van der Waals surface area contributed by atoms with Gasteiger partial charge in [-0.1, -0.05) is 31.5 Å². The number of Topliss-reactive ketones (excluding diaryl/α,β-unsaturated/α-hetero) is 1. The summed E-state index contributed by atoms with van der Waals surface area (Å²) >= 11 is 8.02. The molecule has 3 heterocycles. The lowest BCUT2D eigenvalue weighted by Crippen LogP contribution is -2.39. The van der Waals surface area contributed by atoms with Gasteiger partial charge in [-0.3, -0.25) is 18.9 Å². The first-order chi connectivity index (χ1) is 14.7. The fourth-order valence-electron chi connectivity index (χ4n) is 4.67. The summed E-state index contributed by atoms with van der Waals surface area (Å²) in [4.78, 5) is 33.2. The number of anilines is 2. The van der Waals surface area contributed by atoms with Crippen molar-refractivity contribution >= 4 is 51.0 Å². The second-order valence-electron chi connectivity index (χ2n) is 8.76. The number of carbonyl (C=O) groups excluding carboxylic acids is 2. The van der Waals surface area contributed by atoms with Crippen molar-refractivity contribution in [3.05, 3.63) is 51.9 Å². The van der Waals surface area contributed by atoms with Crippen LogP contribution in [0.25, 0.3) is 4.96 Å². The third-order valence-electron chi connectivity index (χ3n) is 5.86. The van der Waals surface area contributed by atoms with Gasteiger partial charge in [0.1, 0.15) is 17.5 Å². The normalized spacial score (nSPS) is 20.3. The lowest BCUT2D eigenvalue weighted by Gasteiger charge is -2.36. The second-order valence-corrected chi connectivity index (χ2v) is 10.00. The van der Waals surface area contributed by atoms with Crippen molar-refractivity contribution in [2.45, 2.75) is 39.7 Å². The van der Waals surface area contributed by atoms with Gasteiger partial charge in [0.2, 0.25) is 5.91 Å². The van der Waals surface area contributed by atoms with Gasteiger partial charge in [-0.25, -0.2) is 4.98 Å². The zero-order valence-electron chi connectivity index (χ0n) is 17.3. The molecular formula is C22H21ClN4O3S. The molecular weight excluding hydrogens is 436 g/mol. The van der Waals surface area contributed by atoms with Crippen LogP contribution in [-0.4, -0.2) is 26.2 Å². The van der Waals surface area contributed by atoms with Crippen LogP contribution in [-0.2, 0) is 9.59 Å². The second kappa shape index (κ2) is 6.83. The van der Waals surface area contributed by atoms with Gasteiger partial charge in [0.25, 0.3) is 0 Å². The molecule has 2 N–H and O–H groups in total. The first-order valence-corrected chi connectivity index (χ1v) is 11.2. The summed E-state index contributed by atoms with van der Waals surface area (Å²) in [5, 5.41) is 16.1. The lowest BCUT2D eigenvalue weighted by molar-refractivity contribution is -0.118. The third-order valence-corrected chi connectivity index (χ3v) is 6.89. The van der Waals surface area contributed by atoms with Crippen molar-refractivity contribution in [2.75, 3.05) is 10.2 Å². The number of aromatic hydroxyl groups is 1. The van der Waals surface area contributed by atoms with Gasteiger partial charge >= 0.3 is 0 Å². The topological polar surface area (TPSA) is 86.9 Å². The number of allylic oxidation sites excluding steroid dienone is 1. The van der Waals surface area contributed by atoms with Gasteiger partial charge in [0, 0.05) is 36.2 Å². The Hall–Kier alpha value is -2.84. The van der Waals surface area contributed by atoms with E-state index in [0.29, 0.717) is 46.1 Å². The minimum absolute atomic E-state index is 0.00661. The fraction of sp³-hybridized carbons (Fsp3) is 0.318. The Morgan fingerprint density at radius 3 is 2.87 bits per heavy atom. The Balaban J connectivity index is 1.88. The van der Waals surface area contributed by atoms with E-state index in [0.717, 1.165) is 0 Å². The molecule has 1 aliphatic heterocycles. The average Bonchev–Trinajstić information content (AvgIpc) is 3.17. The van der Waals surface area contributed by atoms with E-state index in [2.05, 4.69) is 10.3 Å². The smallest absolute Gasteiger partial charge is 0.224 e. The van der Waals surface area contributed by atoms with Crippen LogP contribution in [0.4, 0.5) is 11.4 Å². The van der Waals surface area contributed by atoms with Gasteiger partial charge in [-0.05, 0) is 24.0 Å². The molecule has 0 saturated heterocycles. The predicted molar refractivity (Wildman–Crippen MR) is 121 cm³/mol. The summed E-state index contributed by atoms with van der Waals surface area (Å²) < 4.78 is 1.83. The van der Waals surface area contributed by atoms with Crippen molar-refractivity contribution < 1.29 is 14.7 Å². The van der Waals surface area contributed by atoms with E-state index < -0.39 is 6.04 Å². The predicted octanol–water partition coefficient (Wildman–Crippen LogP) is 4.92. The number of para-hydroxylation sites is 1. The largest absolute Gasteiger partial charge is 0.506 e. The maximum Gasteiger partial charge on any atom is 0.224 e. The van der Waals surface area contributed by atoms with Crippen LogP contribution < -0.4 is 10.2 Å². The van der Waals surface area contributed by atoms with E-state index in [9.17, 15) is 14.7 Å². The summed E-state index contributed by atoms with van der Waals surface area (Å²) in [7, 11) is 0. The maximum atomic E-state index is 13.5. The van der Waals surface area contributed by atoms with Crippen LogP contribution in [0.15, 0.2) is 41.0 Å². The van der Waals surface area contributed by atoms with E-state index in [1.54, 1.807) is 18.2 Å². The summed E-state index contributed by atoms with van der Waals surface area (Å²) in [6, 6.07) is 4.22. The van der Waals surface area contributed by atoms with Crippen molar-refractivity contribution in [1.29, 1.82) is 0 Å². The quantitative estimate of drug-likeness (QED) is 0.507. The Kier molecular flexibility index (Phi) is 4.43. The number of hydrogen-bond acceptors (Lipinski definition) is 6. The highest BCUT2D eigenvalue weighted by Crippen LogP contribution is 2.51. The van der Waals surface area contributed by atoms with Crippen molar-refractivity contribution in [1.82, 2.24) is 9.38 Å². The lowest BCUT2D eigenvalue weighted by atomic mass is 9.74. The number of benzene rings is 1. The molecule has 2 aromatic heterocycles. The number of imidazole rings is 1. The van der Waals surface area contributed by atoms with E-state index in [4.69, 9.17) is 11.6 Å². The molecule has 0 radical (unpaired) electrons. The molecule has 9 heteroatoms. The minimum Gasteiger partial charge on any atom is -0.506 e. The Morgan fingerprint density at radius 1 is 1.35 bits per heavy atom. The van der Waals surface area contributed by atoms with Gasteiger partial charge in [-0.15, -0.1) is 11.3 Å². The molecule has 31 heavy (non-hydrogen) atoms. The van der Waals surface area contributed by atoms with Crippen molar-refractivity contribution in [3.8, 4) is 5.75 Å². The number of phenolic OH excluding ortho intramolecular Hbond substituents is 1. The van der Waals surface area contributed by atoms with E-state index >= 15 is 0 Å². The van der Waals surface area contributed by atoms with Crippen LogP contribution in [0.2, 0.25) is 5.15 Å². The Labute approximate surface area is 188 Å². The molecule has 5 rings (SSSR count). The molecule has 0 bridgehead atoms. The van der Waals surface area contributed by atoms with Crippen molar-refractivity contribution in [2.24, 2.45) is 5.41 Å². The molecule has 1 unspecified atom stereocenters. The Bertz CT molecular complexity index is 1290. The molecule has 0 spiro atoms. The number of aromatic nitrogens is 2. The molecule has 0 fully saturated rings. The number of ketones is 1. The molecule has 2 aliphatic rings. The number of amides is 1. The van der Waals surface area contributed by atoms with E-state index in [1.807, 2.05) is 29.8 Å². The molecule has 160 valence electrons. The van der Waals surface area contributed by atoms with Crippen LogP contribution in [0, 0.1) is 5.41 Å². The van der Waals surface area contributed by atoms with E-state index in [1.165, 1.54) is 23.2 Å². The van der Waals surface area contributed by atoms with Crippen molar-refractivity contribution in [3.63, 3.8) is 0 Å². The molecule has 7 nitrogen and oxygen atoms in total. The molecule has 3 aromatic rings. The highest BCUT2D eigenvalue weighted by Gasteiger charge is 2.45. The number of thiazole rings is 1. The highest BCUT2D eigenvalue weighted by atomic mass is 35.5. The SMILES string of the molecule is CC(=O)N1c2cccc(O)c2NC2=C(C(=O)CC(C)(C)C2)C1c1c(Cl)nc2sccn12. The van der Waals surface area contributed by atoms with E-state index in [-0.39, 0.29) is 28.0 Å². The monoisotopic (exact) mass is 456 g/mol. The number of carbonyl (C=O) groups is 2. The van der Waals surface area contributed by atoms with Gasteiger partial charge < -0.3 is 10.4 Å². The Morgan fingerprint density at radius 2 is 2.13 bits per heavy atom. The zero-order chi connectivity index (χ0) is 22.1. The third kappa shape index (κ3) is 3.04. The zero-order valence-corrected chi connectivity index (χ0v) is 18.8.